The fourth-order valence-corrected chi connectivity index (χ4v) is 5.43. The zero-order chi connectivity index (χ0) is 25.1. The van der Waals surface area contributed by atoms with E-state index in [0.717, 1.165) is 11.3 Å². The molecule has 0 saturated carbocycles. The zero-order valence-electron chi connectivity index (χ0n) is 19.4. The van der Waals surface area contributed by atoms with Gasteiger partial charge in [0, 0.05) is 16.3 Å². The van der Waals surface area contributed by atoms with Crippen molar-refractivity contribution < 1.29 is 4.84 Å². The molecule has 0 saturated heterocycles. The molecule has 0 N–H and O–H groups in total. The van der Waals surface area contributed by atoms with Crippen LogP contribution in [0.4, 0.5) is 5.69 Å². The van der Waals surface area contributed by atoms with Gasteiger partial charge in [0.2, 0.25) is 0 Å². The van der Waals surface area contributed by atoms with E-state index in [4.69, 9.17) is 16.4 Å². The lowest BCUT2D eigenvalue weighted by Crippen LogP contribution is -2.55. The Morgan fingerprint density at radius 3 is 2.16 bits per heavy atom. The molecule has 2 bridgehead atoms. The van der Waals surface area contributed by atoms with Gasteiger partial charge >= 0.3 is 11.4 Å². The Morgan fingerprint density at radius 1 is 0.757 bits per heavy atom. The lowest BCUT2D eigenvalue weighted by molar-refractivity contribution is -0.0113. The molecule has 8 rings (SSSR count). The Bertz CT molecular complexity index is 1720. The van der Waals surface area contributed by atoms with Crippen molar-refractivity contribution in [3.05, 3.63) is 141 Å². The minimum atomic E-state index is -1.25. The van der Waals surface area contributed by atoms with Crippen molar-refractivity contribution in [2.75, 3.05) is 4.90 Å². The van der Waals surface area contributed by atoms with Gasteiger partial charge in [-0.25, -0.2) is 23.5 Å². The molecular formula is C28H20ClN5O3. The Morgan fingerprint density at radius 2 is 1.43 bits per heavy atom. The second-order valence-corrected chi connectivity index (χ2v) is 9.48. The third-order valence-corrected chi connectivity index (χ3v) is 7.22. The van der Waals surface area contributed by atoms with Gasteiger partial charge in [-0.2, -0.15) is 0 Å². The van der Waals surface area contributed by atoms with Crippen LogP contribution in [0.2, 0.25) is 5.02 Å². The van der Waals surface area contributed by atoms with E-state index in [0.29, 0.717) is 16.5 Å². The normalized spacial score (nSPS) is 23.2. The summed E-state index contributed by atoms with van der Waals surface area (Å²) in [7, 11) is 0. The third kappa shape index (κ3) is 3.06. The summed E-state index contributed by atoms with van der Waals surface area (Å²) >= 11 is 6.21. The molecule has 1 aromatic heterocycles. The molecule has 0 radical (unpaired) electrons. The van der Waals surface area contributed by atoms with Crippen LogP contribution in [0.15, 0.2) is 124 Å². The smallest absolute Gasteiger partial charge is 0.352 e. The zero-order valence-corrected chi connectivity index (χ0v) is 20.1. The van der Waals surface area contributed by atoms with Gasteiger partial charge in [-0.1, -0.05) is 83.5 Å². The molecule has 3 atom stereocenters. The number of anilines is 1. The number of allylic oxidation sites excluding steroid dienone is 2. The SMILES string of the molecule is O=c1n(-c2ccccc2)c(=O)n2n1[C@@H]1C=C[C@H]2[C@@]2(C=C1)ON=C(c1ccccc1)N2c1ccc(Cl)cc1. The van der Waals surface area contributed by atoms with Gasteiger partial charge in [0.15, 0.2) is 5.84 Å². The van der Waals surface area contributed by atoms with Gasteiger partial charge in [0.25, 0.3) is 5.72 Å². The maximum absolute atomic E-state index is 13.9. The number of amidine groups is 1. The first kappa shape index (κ1) is 21.7. The fraction of sp³-hybridized carbons (Fsp3) is 0.107. The maximum Gasteiger partial charge on any atom is 0.352 e. The number of nitrogens with zero attached hydrogens (tertiary/aromatic N) is 5. The molecular weight excluding hydrogens is 490 g/mol. The van der Waals surface area contributed by atoms with E-state index in [1.165, 1.54) is 13.9 Å². The quantitative estimate of drug-likeness (QED) is 0.387. The molecule has 3 aromatic carbocycles. The molecule has 0 unspecified atom stereocenters. The molecule has 3 aliphatic heterocycles. The topological polar surface area (TPSA) is 73.8 Å². The number of aromatic nitrogens is 3. The Kier molecular flexibility index (Phi) is 4.68. The van der Waals surface area contributed by atoms with Gasteiger partial charge in [-0.05, 0) is 42.5 Å². The van der Waals surface area contributed by atoms with Crippen LogP contribution in [0.3, 0.4) is 0 Å². The first-order valence-corrected chi connectivity index (χ1v) is 12.2. The van der Waals surface area contributed by atoms with Crippen molar-refractivity contribution in [3.63, 3.8) is 0 Å². The van der Waals surface area contributed by atoms with Crippen LogP contribution in [-0.2, 0) is 4.84 Å². The van der Waals surface area contributed by atoms with E-state index >= 15 is 0 Å². The summed E-state index contributed by atoms with van der Waals surface area (Å²) in [4.78, 5) is 35.7. The van der Waals surface area contributed by atoms with Gasteiger partial charge < -0.3 is 4.84 Å². The number of hydrogen-bond acceptors (Lipinski definition) is 5. The molecule has 4 heterocycles. The van der Waals surface area contributed by atoms with Gasteiger partial charge in [-0.3, -0.25) is 4.90 Å². The summed E-state index contributed by atoms with van der Waals surface area (Å²) in [5.74, 6) is 0.579. The summed E-state index contributed by atoms with van der Waals surface area (Å²) in [5, 5.41) is 5.12. The second-order valence-electron chi connectivity index (χ2n) is 9.04. The summed E-state index contributed by atoms with van der Waals surface area (Å²) < 4.78 is 4.15. The van der Waals surface area contributed by atoms with Crippen molar-refractivity contribution in [3.8, 4) is 5.69 Å². The van der Waals surface area contributed by atoms with Crippen LogP contribution in [0, 0.1) is 0 Å². The van der Waals surface area contributed by atoms with Gasteiger partial charge in [0.05, 0.1) is 11.7 Å². The van der Waals surface area contributed by atoms with Crippen LogP contribution in [0.1, 0.15) is 17.6 Å². The monoisotopic (exact) mass is 509 g/mol. The largest absolute Gasteiger partial charge is 0.357 e. The van der Waals surface area contributed by atoms with E-state index in [2.05, 4.69) is 5.16 Å². The van der Waals surface area contributed by atoms with Gasteiger partial charge in [0.1, 0.15) is 6.04 Å². The molecule has 8 nitrogen and oxygen atoms in total. The Balaban J connectivity index is 1.46. The minimum absolute atomic E-state index is 0.419. The summed E-state index contributed by atoms with van der Waals surface area (Å²) in [6.07, 6.45) is 7.59. The summed E-state index contributed by atoms with van der Waals surface area (Å²) in [6.45, 7) is 0. The predicted molar refractivity (Wildman–Crippen MR) is 141 cm³/mol. The average Bonchev–Trinajstić information content (AvgIpc) is 3.32. The van der Waals surface area contributed by atoms with Crippen LogP contribution in [-0.4, -0.2) is 25.5 Å². The summed E-state index contributed by atoms with van der Waals surface area (Å²) in [6, 6.07) is 24.8. The lowest BCUT2D eigenvalue weighted by atomic mass is 9.99. The summed E-state index contributed by atoms with van der Waals surface area (Å²) in [5.41, 5.74) is 0.00579. The van der Waals surface area contributed by atoms with Gasteiger partial charge in [-0.15, -0.1) is 0 Å². The van der Waals surface area contributed by atoms with Crippen LogP contribution in [0.25, 0.3) is 5.69 Å². The number of halogens is 1. The highest BCUT2D eigenvalue weighted by molar-refractivity contribution is 6.30. The molecule has 0 amide bonds. The molecule has 1 aliphatic carbocycles. The van der Waals surface area contributed by atoms with E-state index < -0.39 is 29.2 Å². The number of hydrogen-bond donors (Lipinski definition) is 0. The molecule has 9 heteroatoms. The van der Waals surface area contributed by atoms with Crippen LogP contribution >= 0.6 is 11.6 Å². The molecule has 182 valence electrons. The van der Waals surface area contributed by atoms with Crippen molar-refractivity contribution in [2.45, 2.75) is 17.8 Å². The molecule has 4 aliphatic rings. The van der Waals surface area contributed by atoms with Crippen molar-refractivity contribution in [2.24, 2.45) is 5.16 Å². The van der Waals surface area contributed by atoms with Crippen molar-refractivity contribution >= 4 is 23.1 Å². The molecule has 37 heavy (non-hydrogen) atoms. The van der Waals surface area contributed by atoms with Crippen molar-refractivity contribution in [1.29, 1.82) is 0 Å². The first-order chi connectivity index (χ1) is 18.1. The van der Waals surface area contributed by atoms with E-state index in [1.54, 1.807) is 36.4 Å². The molecule has 1 spiro atoms. The maximum atomic E-state index is 13.9. The first-order valence-electron chi connectivity index (χ1n) is 11.8. The standard InChI is InChI=1S/C28H20ClN5O3/c29-20-11-13-22(14-12-20)32-25(19-7-3-1-4-8-19)30-37-28(32)18-17-23-15-16-24(28)34-27(36)31(26(35)33(23)34)21-9-5-2-6-10-21/h1-18,23-24H/t23-,24+,28-/m1/s1. The average molecular weight is 510 g/mol. The lowest BCUT2D eigenvalue weighted by Gasteiger charge is -2.39. The van der Waals surface area contributed by atoms with E-state index in [-0.39, 0.29) is 0 Å². The predicted octanol–water partition coefficient (Wildman–Crippen LogP) is 4.27. The highest BCUT2D eigenvalue weighted by Gasteiger charge is 2.55. The molecule has 4 aromatic rings. The van der Waals surface area contributed by atoms with Crippen LogP contribution < -0.4 is 16.3 Å². The Labute approximate surface area is 216 Å². The minimum Gasteiger partial charge on any atom is -0.357 e. The third-order valence-electron chi connectivity index (χ3n) is 6.97. The van der Waals surface area contributed by atoms with E-state index in [9.17, 15) is 9.59 Å². The highest BCUT2D eigenvalue weighted by Crippen LogP contribution is 2.45. The Hall–Kier alpha value is -4.56. The molecule has 0 fully saturated rings. The van der Waals surface area contributed by atoms with E-state index in [1.807, 2.05) is 77.7 Å². The number of rotatable bonds is 3. The van der Waals surface area contributed by atoms with Crippen molar-refractivity contribution in [1.82, 2.24) is 13.9 Å². The highest BCUT2D eigenvalue weighted by atomic mass is 35.5. The fourth-order valence-electron chi connectivity index (χ4n) is 5.31. The number of oxime groups is 1. The number of benzene rings is 3. The second kappa shape index (κ2) is 7.97. The van der Waals surface area contributed by atoms with Crippen LogP contribution in [0.5, 0.6) is 0 Å². The number of para-hydroxylation sites is 1.